The van der Waals surface area contributed by atoms with Crippen LogP contribution in [0.25, 0.3) is 44.5 Å². The second kappa shape index (κ2) is 8.27. The van der Waals surface area contributed by atoms with Gasteiger partial charge in [-0.25, -0.2) is 4.39 Å². The van der Waals surface area contributed by atoms with Crippen LogP contribution in [0.2, 0.25) is 5.02 Å². The molecular formula is C37H22ClF. The summed E-state index contributed by atoms with van der Waals surface area (Å²) in [4.78, 5) is 0. The van der Waals surface area contributed by atoms with Crippen molar-refractivity contribution in [1.29, 1.82) is 0 Å². The van der Waals surface area contributed by atoms with Gasteiger partial charge in [0.05, 0.1) is 5.41 Å². The van der Waals surface area contributed by atoms with Gasteiger partial charge >= 0.3 is 0 Å². The standard InChI is InChI=1S/C37H22ClF/c38-24-18-16-23(17-19-24)26-8-1-2-9-27(26)30-12-7-15-35-36(30)31-22-25(39)20-21-34(31)37(35)32-13-5-3-10-28(32)29-11-4-6-14-33(29)37/h1-22H. The molecule has 0 atom stereocenters. The Balaban J connectivity index is 1.50. The summed E-state index contributed by atoms with van der Waals surface area (Å²) in [6, 6.07) is 45.7. The van der Waals surface area contributed by atoms with Crippen molar-refractivity contribution < 1.29 is 4.39 Å². The molecule has 8 rings (SSSR count). The van der Waals surface area contributed by atoms with E-state index in [4.69, 9.17) is 11.6 Å². The molecule has 0 heterocycles. The summed E-state index contributed by atoms with van der Waals surface area (Å²) in [5.74, 6) is -0.225. The zero-order chi connectivity index (χ0) is 26.1. The van der Waals surface area contributed by atoms with Gasteiger partial charge in [-0.3, -0.25) is 0 Å². The molecule has 6 aromatic carbocycles. The molecular weight excluding hydrogens is 499 g/mol. The predicted octanol–water partition coefficient (Wildman–Crippen LogP) is 10.2. The molecule has 39 heavy (non-hydrogen) atoms. The highest BCUT2D eigenvalue weighted by molar-refractivity contribution is 6.30. The van der Waals surface area contributed by atoms with Crippen LogP contribution in [0.5, 0.6) is 0 Å². The van der Waals surface area contributed by atoms with Gasteiger partial charge in [0.2, 0.25) is 0 Å². The van der Waals surface area contributed by atoms with Gasteiger partial charge in [-0.1, -0.05) is 121 Å². The topological polar surface area (TPSA) is 0 Å². The summed E-state index contributed by atoms with van der Waals surface area (Å²) in [5.41, 5.74) is 13.3. The SMILES string of the molecule is Fc1ccc2c(c1)-c1c(-c3ccccc3-c3ccc(Cl)cc3)cccc1C21c2ccccc2-c2ccccc21. The van der Waals surface area contributed by atoms with Gasteiger partial charge in [0.1, 0.15) is 5.82 Å². The first-order chi connectivity index (χ1) is 19.2. The summed E-state index contributed by atoms with van der Waals surface area (Å²) in [7, 11) is 0. The van der Waals surface area contributed by atoms with E-state index in [1.54, 1.807) is 12.1 Å². The predicted molar refractivity (Wildman–Crippen MR) is 159 cm³/mol. The van der Waals surface area contributed by atoms with Crippen LogP contribution in [-0.4, -0.2) is 0 Å². The third-order valence-electron chi connectivity index (χ3n) is 8.45. The van der Waals surface area contributed by atoms with Crippen molar-refractivity contribution >= 4 is 11.6 Å². The largest absolute Gasteiger partial charge is 0.207 e. The lowest BCUT2D eigenvalue weighted by Gasteiger charge is -2.30. The van der Waals surface area contributed by atoms with E-state index in [1.807, 2.05) is 18.2 Å². The molecule has 0 bridgehead atoms. The second-order valence-corrected chi connectivity index (χ2v) is 10.7. The lowest BCUT2D eigenvalue weighted by atomic mass is 9.70. The van der Waals surface area contributed by atoms with Crippen LogP contribution >= 0.6 is 11.6 Å². The first kappa shape index (κ1) is 22.5. The summed E-state index contributed by atoms with van der Waals surface area (Å²) < 4.78 is 15.0. The van der Waals surface area contributed by atoms with Crippen molar-refractivity contribution in [2.24, 2.45) is 0 Å². The van der Waals surface area contributed by atoms with E-state index in [9.17, 15) is 0 Å². The molecule has 0 N–H and O–H groups in total. The molecule has 1 spiro atoms. The number of hydrogen-bond donors (Lipinski definition) is 0. The normalized spacial score (nSPS) is 13.6. The maximum Gasteiger partial charge on any atom is 0.123 e. The lowest BCUT2D eigenvalue weighted by molar-refractivity contribution is 0.627. The van der Waals surface area contributed by atoms with Gasteiger partial charge in [-0.05, 0) is 91.0 Å². The Hall–Kier alpha value is -4.46. The fraction of sp³-hybridized carbons (Fsp3) is 0.0270. The highest BCUT2D eigenvalue weighted by atomic mass is 35.5. The smallest absolute Gasteiger partial charge is 0.123 e. The molecule has 2 aliphatic carbocycles. The number of fused-ring (bicyclic) bond motifs is 10. The monoisotopic (exact) mass is 520 g/mol. The van der Waals surface area contributed by atoms with Crippen LogP contribution < -0.4 is 0 Å². The molecule has 0 saturated carbocycles. The minimum absolute atomic E-state index is 0.225. The first-order valence-corrected chi connectivity index (χ1v) is 13.5. The van der Waals surface area contributed by atoms with Crippen molar-refractivity contribution in [3.8, 4) is 44.5 Å². The fourth-order valence-corrected chi connectivity index (χ4v) is 7.12. The molecule has 0 aromatic heterocycles. The quantitative estimate of drug-likeness (QED) is 0.213. The van der Waals surface area contributed by atoms with Crippen molar-refractivity contribution in [3.63, 3.8) is 0 Å². The van der Waals surface area contributed by atoms with Gasteiger partial charge in [0.15, 0.2) is 0 Å². The molecule has 0 aliphatic heterocycles. The Kier molecular flexibility index (Phi) is 4.77. The third kappa shape index (κ3) is 3.00. The van der Waals surface area contributed by atoms with E-state index in [0.717, 1.165) is 38.9 Å². The minimum Gasteiger partial charge on any atom is -0.207 e. The zero-order valence-electron chi connectivity index (χ0n) is 21.0. The maximum atomic E-state index is 15.0. The molecule has 184 valence electrons. The Morgan fingerprint density at radius 3 is 1.67 bits per heavy atom. The lowest BCUT2D eigenvalue weighted by Crippen LogP contribution is -2.25. The van der Waals surface area contributed by atoms with E-state index >= 15 is 4.39 Å². The molecule has 2 aliphatic rings. The average molecular weight is 521 g/mol. The molecule has 0 radical (unpaired) electrons. The maximum absolute atomic E-state index is 15.0. The van der Waals surface area contributed by atoms with E-state index < -0.39 is 5.41 Å². The van der Waals surface area contributed by atoms with Crippen LogP contribution in [0.1, 0.15) is 22.3 Å². The molecule has 2 heteroatoms. The summed E-state index contributed by atoms with van der Waals surface area (Å²) >= 11 is 6.22. The Bertz CT molecular complexity index is 1890. The van der Waals surface area contributed by atoms with Gasteiger partial charge < -0.3 is 0 Å². The number of rotatable bonds is 2. The van der Waals surface area contributed by atoms with Gasteiger partial charge in [0.25, 0.3) is 0 Å². The fourth-order valence-electron chi connectivity index (χ4n) is 6.99. The number of hydrogen-bond acceptors (Lipinski definition) is 0. The van der Waals surface area contributed by atoms with Crippen LogP contribution in [0.15, 0.2) is 133 Å². The van der Waals surface area contributed by atoms with Gasteiger partial charge in [0, 0.05) is 5.02 Å². The van der Waals surface area contributed by atoms with Gasteiger partial charge in [-0.15, -0.1) is 0 Å². The zero-order valence-corrected chi connectivity index (χ0v) is 21.7. The van der Waals surface area contributed by atoms with Gasteiger partial charge in [-0.2, -0.15) is 0 Å². The van der Waals surface area contributed by atoms with E-state index in [2.05, 4.69) is 103 Å². The van der Waals surface area contributed by atoms with Crippen LogP contribution in [0.4, 0.5) is 4.39 Å². The number of halogens is 2. The van der Waals surface area contributed by atoms with E-state index in [1.165, 1.54) is 27.8 Å². The second-order valence-electron chi connectivity index (χ2n) is 10.3. The van der Waals surface area contributed by atoms with E-state index in [-0.39, 0.29) is 5.82 Å². The highest BCUT2D eigenvalue weighted by Gasteiger charge is 2.52. The summed E-state index contributed by atoms with van der Waals surface area (Å²) in [6.07, 6.45) is 0. The van der Waals surface area contributed by atoms with Crippen molar-refractivity contribution in [2.45, 2.75) is 5.41 Å². The van der Waals surface area contributed by atoms with Crippen LogP contribution in [0, 0.1) is 5.82 Å². The average Bonchev–Trinajstić information content (AvgIpc) is 3.44. The summed E-state index contributed by atoms with van der Waals surface area (Å²) in [5, 5.41) is 0.710. The molecule has 0 unspecified atom stereocenters. The molecule has 0 amide bonds. The Labute approximate surface area is 232 Å². The molecule has 0 nitrogen and oxygen atoms in total. The molecule has 6 aromatic rings. The van der Waals surface area contributed by atoms with Crippen molar-refractivity contribution in [2.75, 3.05) is 0 Å². The Morgan fingerprint density at radius 2 is 0.974 bits per heavy atom. The Morgan fingerprint density at radius 1 is 0.436 bits per heavy atom. The summed E-state index contributed by atoms with van der Waals surface area (Å²) in [6.45, 7) is 0. The number of benzene rings is 6. The van der Waals surface area contributed by atoms with Crippen molar-refractivity contribution in [1.82, 2.24) is 0 Å². The molecule has 0 fully saturated rings. The molecule has 0 saturated heterocycles. The highest BCUT2D eigenvalue weighted by Crippen LogP contribution is 2.64. The third-order valence-corrected chi connectivity index (χ3v) is 8.70. The first-order valence-electron chi connectivity index (χ1n) is 13.2. The minimum atomic E-state index is -0.503. The van der Waals surface area contributed by atoms with Crippen LogP contribution in [-0.2, 0) is 5.41 Å². The van der Waals surface area contributed by atoms with Crippen LogP contribution in [0.3, 0.4) is 0 Å². The van der Waals surface area contributed by atoms with E-state index in [0.29, 0.717) is 5.02 Å². The van der Waals surface area contributed by atoms with Crippen molar-refractivity contribution in [3.05, 3.63) is 167 Å².